The van der Waals surface area contributed by atoms with E-state index in [0.29, 0.717) is 0 Å². The highest BCUT2D eigenvalue weighted by Crippen LogP contribution is 2.16. The van der Waals surface area contributed by atoms with Gasteiger partial charge in [0.1, 0.15) is 18.9 Å². The summed E-state index contributed by atoms with van der Waals surface area (Å²) in [5.41, 5.74) is 3.62. The van der Waals surface area contributed by atoms with E-state index in [0.717, 1.165) is 18.7 Å². The van der Waals surface area contributed by atoms with Gasteiger partial charge in [0.15, 0.2) is 5.97 Å². The maximum absolute atomic E-state index is 12.8. The maximum atomic E-state index is 12.8. The molecule has 1 heterocycles. The topological polar surface area (TPSA) is 110 Å². The number of carbonyl (C=O) groups is 2. The van der Waals surface area contributed by atoms with Crippen molar-refractivity contribution in [3.05, 3.63) is 71.7 Å². The van der Waals surface area contributed by atoms with Crippen LogP contribution in [0.2, 0.25) is 0 Å². The molecule has 130 valence electrons. The van der Waals surface area contributed by atoms with Crippen LogP contribution in [0.4, 0.5) is 4.39 Å². The molecular formula is C18H17FN2O4. The lowest BCUT2D eigenvalue weighted by Crippen LogP contribution is -2.80. The second-order valence-electron chi connectivity index (χ2n) is 5.28. The third-order valence-corrected chi connectivity index (χ3v) is 3.51. The number of aromatic nitrogens is 1. The van der Waals surface area contributed by atoms with Gasteiger partial charge in [-0.2, -0.15) is 0 Å². The van der Waals surface area contributed by atoms with Crippen molar-refractivity contribution in [2.45, 2.75) is 13.1 Å². The first-order valence-electron chi connectivity index (χ1n) is 7.52. The van der Waals surface area contributed by atoms with Gasteiger partial charge in [-0.1, -0.05) is 30.3 Å². The molecule has 3 rings (SSSR count). The molecule has 0 saturated heterocycles. The smallest absolute Gasteiger partial charge is 0.351 e. The van der Waals surface area contributed by atoms with Gasteiger partial charge in [0.05, 0.1) is 0 Å². The van der Waals surface area contributed by atoms with E-state index in [-0.39, 0.29) is 5.82 Å². The van der Waals surface area contributed by atoms with Gasteiger partial charge < -0.3 is 25.3 Å². The van der Waals surface area contributed by atoms with Crippen LogP contribution in [0.3, 0.4) is 0 Å². The third kappa shape index (κ3) is 5.43. The van der Waals surface area contributed by atoms with Gasteiger partial charge in [0.2, 0.25) is 0 Å². The Hall–Kier alpha value is -3.19. The van der Waals surface area contributed by atoms with Gasteiger partial charge in [-0.25, -0.2) is 9.18 Å². The molecule has 0 amide bonds. The van der Waals surface area contributed by atoms with E-state index >= 15 is 0 Å². The molecule has 0 radical (unpaired) electrons. The van der Waals surface area contributed by atoms with E-state index in [9.17, 15) is 4.39 Å². The average molecular weight is 344 g/mol. The summed E-state index contributed by atoms with van der Waals surface area (Å²) in [6, 6.07) is 15.0. The van der Waals surface area contributed by atoms with Crippen LogP contribution in [0.5, 0.6) is 0 Å². The molecule has 0 aliphatic heterocycles. The van der Waals surface area contributed by atoms with Crippen molar-refractivity contribution in [1.82, 2.24) is 4.98 Å². The standard InChI is InChI=1S/C16H15FN2.C2H2O4/c17-14-7-5-12(6-8-14)9-18-10-13-11-19-16-4-2-1-3-15(13)16;3-1(4)2(5)6/h1-8,11,18-19H,9-10H2;(H,3,4)(H,5,6). The zero-order valence-corrected chi connectivity index (χ0v) is 13.2. The van der Waals surface area contributed by atoms with Crippen molar-refractivity contribution in [3.8, 4) is 0 Å². The Morgan fingerprint density at radius 2 is 1.72 bits per heavy atom. The molecule has 0 saturated carbocycles. The number of carboxylic acids is 2. The first-order valence-corrected chi connectivity index (χ1v) is 7.52. The minimum absolute atomic E-state index is 0.180. The summed E-state index contributed by atoms with van der Waals surface area (Å²) in [5.74, 6) is -4.19. The van der Waals surface area contributed by atoms with Gasteiger partial charge in [-0.3, -0.25) is 0 Å². The number of hydrogen-bond donors (Lipinski definition) is 3. The van der Waals surface area contributed by atoms with Crippen LogP contribution in [-0.4, -0.2) is 22.0 Å². The van der Waals surface area contributed by atoms with Crippen LogP contribution in [0, 0.1) is 5.82 Å². The predicted molar refractivity (Wildman–Crippen MR) is 86.7 cm³/mol. The molecular weight excluding hydrogens is 327 g/mol. The van der Waals surface area contributed by atoms with E-state index < -0.39 is 11.9 Å². The number of aliphatic carboxylic acids is 2. The number of H-pyrrole nitrogens is 1. The number of nitrogens with two attached hydrogens (primary N) is 1. The first kappa shape index (κ1) is 18.2. The van der Waals surface area contributed by atoms with E-state index in [2.05, 4.69) is 34.7 Å². The number of nitrogens with one attached hydrogen (secondary N) is 1. The highest BCUT2D eigenvalue weighted by molar-refractivity contribution is 6.26. The second-order valence-corrected chi connectivity index (χ2v) is 5.28. The van der Waals surface area contributed by atoms with Crippen molar-refractivity contribution in [3.63, 3.8) is 0 Å². The lowest BCUT2D eigenvalue weighted by molar-refractivity contribution is -0.686. The summed E-state index contributed by atoms with van der Waals surface area (Å²) in [6.45, 7) is 1.78. The average Bonchev–Trinajstić information content (AvgIpc) is 3.00. The summed E-state index contributed by atoms with van der Waals surface area (Å²) >= 11 is 0. The predicted octanol–water partition coefficient (Wildman–Crippen LogP) is 0.391. The fraction of sp³-hybridized carbons (Fsp3) is 0.111. The van der Waals surface area contributed by atoms with Crippen molar-refractivity contribution in [2.75, 3.05) is 0 Å². The Balaban J connectivity index is 0.000000326. The molecule has 0 aliphatic carbocycles. The zero-order chi connectivity index (χ0) is 18.2. The number of rotatable bonds is 4. The molecule has 4 N–H and O–H groups in total. The van der Waals surface area contributed by atoms with Crippen molar-refractivity contribution in [2.24, 2.45) is 0 Å². The molecule has 0 aliphatic rings. The number of carboxylic acid groups (broad SMARTS) is 2. The second kappa shape index (κ2) is 8.60. The number of hydrogen-bond acceptors (Lipinski definition) is 3. The van der Waals surface area contributed by atoms with E-state index in [1.807, 2.05) is 18.2 Å². The summed E-state index contributed by atoms with van der Waals surface area (Å²) in [6.07, 6.45) is 2.06. The summed E-state index contributed by atoms with van der Waals surface area (Å²) in [4.78, 5) is 21.3. The molecule has 0 fully saturated rings. The Kier molecular flexibility index (Phi) is 6.25. The molecule has 3 aromatic rings. The zero-order valence-electron chi connectivity index (χ0n) is 13.2. The minimum Gasteiger partial charge on any atom is -0.539 e. The molecule has 2 aromatic carbocycles. The van der Waals surface area contributed by atoms with E-state index in [1.165, 1.54) is 28.6 Å². The van der Waals surface area contributed by atoms with Crippen LogP contribution >= 0.6 is 0 Å². The normalized spacial score (nSPS) is 10.1. The lowest BCUT2D eigenvalue weighted by atomic mass is 10.1. The maximum Gasteiger partial charge on any atom is 0.351 e. The molecule has 0 bridgehead atoms. The number of para-hydroxylation sites is 1. The van der Waals surface area contributed by atoms with Crippen LogP contribution in [0.15, 0.2) is 54.7 Å². The molecule has 0 atom stereocenters. The van der Waals surface area contributed by atoms with E-state index in [1.54, 1.807) is 0 Å². The minimum atomic E-state index is -2.07. The van der Waals surface area contributed by atoms with Crippen LogP contribution in [-0.2, 0) is 22.7 Å². The number of aromatic amines is 1. The Morgan fingerprint density at radius 1 is 1.08 bits per heavy atom. The van der Waals surface area contributed by atoms with Gasteiger partial charge in [0.25, 0.3) is 0 Å². The first-order chi connectivity index (χ1) is 12.0. The van der Waals surface area contributed by atoms with E-state index in [4.69, 9.17) is 19.8 Å². The lowest BCUT2D eigenvalue weighted by Gasteiger charge is -2.01. The summed E-state index contributed by atoms with van der Waals surface area (Å²) in [5, 5.41) is 19.8. The summed E-state index contributed by atoms with van der Waals surface area (Å²) < 4.78 is 12.8. The Bertz CT molecular complexity index is 847. The number of benzene rings is 2. The Morgan fingerprint density at radius 3 is 2.36 bits per heavy atom. The fourth-order valence-corrected chi connectivity index (χ4v) is 2.32. The fourth-order valence-electron chi connectivity index (χ4n) is 2.32. The monoisotopic (exact) mass is 344 g/mol. The van der Waals surface area contributed by atoms with Crippen molar-refractivity contribution < 1.29 is 29.5 Å². The van der Waals surface area contributed by atoms with Crippen LogP contribution < -0.4 is 10.4 Å². The molecule has 25 heavy (non-hydrogen) atoms. The summed E-state index contributed by atoms with van der Waals surface area (Å²) in [7, 11) is 0. The molecule has 6 nitrogen and oxygen atoms in total. The largest absolute Gasteiger partial charge is 0.539 e. The Labute approximate surface area is 142 Å². The molecule has 0 spiro atoms. The highest BCUT2D eigenvalue weighted by Gasteiger charge is 2.04. The number of carbonyl (C=O) groups excluding carboxylic acids is 1. The van der Waals surface area contributed by atoms with Gasteiger partial charge in [-0.05, 0) is 18.2 Å². The number of fused-ring (bicyclic) bond motifs is 1. The molecule has 1 aromatic heterocycles. The van der Waals surface area contributed by atoms with Gasteiger partial charge >= 0.3 is 5.97 Å². The number of halogens is 1. The van der Waals surface area contributed by atoms with Crippen LogP contribution in [0.25, 0.3) is 10.9 Å². The quantitative estimate of drug-likeness (QED) is 0.595. The van der Waals surface area contributed by atoms with Gasteiger partial charge in [-0.15, -0.1) is 0 Å². The SMILES string of the molecule is Fc1ccc(C[NH2+]Cc2c[nH]c3ccccc23)cc1.O=C([O-])C(=O)O. The molecule has 0 unspecified atom stereocenters. The third-order valence-electron chi connectivity index (χ3n) is 3.51. The molecule has 7 heteroatoms. The highest BCUT2D eigenvalue weighted by atomic mass is 19.1. The van der Waals surface area contributed by atoms with Crippen LogP contribution in [0.1, 0.15) is 11.1 Å². The number of quaternary nitrogens is 1. The van der Waals surface area contributed by atoms with Crippen molar-refractivity contribution >= 4 is 22.8 Å². The van der Waals surface area contributed by atoms with Crippen molar-refractivity contribution in [1.29, 1.82) is 0 Å². The van der Waals surface area contributed by atoms with Gasteiger partial charge in [0, 0.05) is 28.2 Å².